The first-order valence-corrected chi connectivity index (χ1v) is 13.6. The number of nitrogens with zero attached hydrogens (tertiary/aromatic N) is 6. The van der Waals surface area contributed by atoms with Crippen LogP contribution in [-0.4, -0.2) is 53.7 Å². The molecule has 4 fully saturated rings. The van der Waals surface area contributed by atoms with Crippen LogP contribution in [0.5, 0.6) is 0 Å². The Kier molecular flexibility index (Phi) is 5.96. The highest BCUT2D eigenvalue weighted by Crippen LogP contribution is 2.58. The molecular weight excluding hydrogens is 510 g/mol. The van der Waals surface area contributed by atoms with Crippen molar-refractivity contribution in [2.24, 2.45) is 17.6 Å². The zero-order chi connectivity index (χ0) is 28.3. The standard InChI is InChI=1S/C28H33N9O3/c1-26(2,12-21(30)39)36(16-38)24-5-3-4-22(33-24)32-20-7-23(35-37-19(13-29)14-31-25(20)37)34-27-8-17-6-18(9-27)11-28(40,10-17)15-27/h3-5,7,14,16-18,40H,6,8-12,15H2,1-2H3,(H2,30,39)(H,32,33)(H,34,35). The number of nitriles is 1. The van der Waals surface area contributed by atoms with E-state index in [0.717, 1.165) is 25.7 Å². The Hall–Kier alpha value is -4.24. The number of rotatable bonds is 9. The van der Waals surface area contributed by atoms with E-state index in [1.807, 2.05) is 6.07 Å². The molecule has 40 heavy (non-hydrogen) atoms. The SMILES string of the molecule is CC(C)(CC(N)=O)N(C=O)c1cccc(Nc2cc(NC34CC5CC(CC(O)(C5)C3)C4)nn3c(C#N)cnc23)n1. The quantitative estimate of drug-likeness (QED) is 0.296. The van der Waals surface area contributed by atoms with Crippen molar-refractivity contribution in [3.05, 3.63) is 36.2 Å². The second kappa shape index (κ2) is 9.16. The van der Waals surface area contributed by atoms with E-state index in [2.05, 4.69) is 26.7 Å². The number of amides is 2. The lowest BCUT2D eigenvalue weighted by molar-refractivity contribution is -0.127. The fraction of sp³-hybridized carbons (Fsp3) is 0.500. The molecule has 0 spiro atoms. The summed E-state index contributed by atoms with van der Waals surface area (Å²) in [5, 5.41) is 32.6. The third kappa shape index (κ3) is 4.60. The van der Waals surface area contributed by atoms with Gasteiger partial charge in [-0.2, -0.15) is 9.78 Å². The Bertz CT molecular complexity index is 1530. The molecule has 4 saturated carbocycles. The average Bonchev–Trinajstić information content (AvgIpc) is 3.25. The van der Waals surface area contributed by atoms with Gasteiger partial charge in [-0.25, -0.2) is 9.97 Å². The maximum absolute atomic E-state index is 12.0. The minimum absolute atomic E-state index is 0.0331. The molecule has 4 aliphatic rings. The van der Waals surface area contributed by atoms with E-state index < -0.39 is 17.0 Å². The number of aliphatic hydroxyl groups is 1. The molecule has 4 aliphatic carbocycles. The largest absolute Gasteiger partial charge is 0.390 e. The van der Waals surface area contributed by atoms with Crippen molar-refractivity contribution in [2.45, 2.75) is 75.5 Å². The molecule has 0 aliphatic heterocycles. The number of anilines is 4. The summed E-state index contributed by atoms with van der Waals surface area (Å²) in [7, 11) is 0. The number of nitrogens with two attached hydrogens (primary N) is 1. The normalized spacial score (nSPS) is 26.9. The number of hydrogen-bond acceptors (Lipinski definition) is 9. The van der Waals surface area contributed by atoms with E-state index in [1.54, 1.807) is 32.0 Å². The summed E-state index contributed by atoms with van der Waals surface area (Å²) in [4.78, 5) is 34.0. The number of fused-ring (bicyclic) bond motifs is 1. The van der Waals surface area contributed by atoms with Crippen LogP contribution < -0.4 is 21.3 Å². The minimum Gasteiger partial charge on any atom is -0.390 e. The van der Waals surface area contributed by atoms with Gasteiger partial charge in [-0.1, -0.05) is 6.07 Å². The van der Waals surface area contributed by atoms with Crippen LogP contribution in [-0.2, 0) is 9.59 Å². The predicted molar refractivity (Wildman–Crippen MR) is 148 cm³/mol. The van der Waals surface area contributed by atoms with Crippen molar-refractivity contribution in [1.82, 2.24) is 19.6 Å². The maximum atomic E-state index is 12.0. The molecule has 4 bridgehead atoms. The van der Waals surface area contributed by atoms with Crippen LogP contribution in [0.25, 0.3) is 5.65 Å². The summed E-state index contributed by atoms with van der Waals surface area (Å²) >= 11 is 0. The molecule has 0 saturated heterocycles. The van der Waals surface area contributed by atoms with Gasteiger partial charge in [0.05, 0.1) is 23.0 Å². The maximum Gasteiger partial charge on any atom is 0.219 e. The summed E-state index contributed by atoms with van der Waals surface area (Å²) in [6, 6.07) is 9.16. The Balaban J connectivity index is 1.34. The number of carbonyl (C=O) groups excluding carboxylic acids is 2. The van der Waals surface area contributed by atoms with Crippen molar-refractivity contribution in [2.75, 3.05) is 15.5 Å². The van der Waals surface area contributed by atoms with Gasteiger partial charge in [0.15, 0.2) is 11.3 Å². The molecule has 0 radical (unpaired) electrons. The van der Waals surface area contributed by atoms with Crippen molar-refractivity contribution >= 4 is 41.1 Å². The lowest BCUT2D eigenvalue weighted by atomic mass is 9.51. The van der Waals surface area contributed by atoms with Crippen LogP contribution in [0.1, 0.15) is 64.5 Å². The van der Waals surface area contributed by atoms with Gasteiger partial charge in [-0.15, -0.1) is 5.10 Å². The Morgan fingerprint density at radius 1 is 1.30 bits per heavy atom. The smallest absolute Gasteiger partial charge is 0.219 e. The van der Waals surface area contributed by atoms with E-state index in [-0.39, 0.29) is 17.7 Å². The molecule has 208 valence electrons. The minimum atomic E-state index is -0.882. The average molecular weight is 544 g/mol. The van der Waals surface area contributed by atoms with Gasteiger partial charge in [0.2, 0.25) is 12.3 Å². The van der Waals surface area contributed by atoms with Crippen molar-refractivity contribution in [3.8, 4) is 6.07 Å². The van der Waals surface area contributed by atoms with Gasteiger partial charge < -0.3 is 21.5 Å². The molecule has 3 aromatic rings. The summed E-state index contributed by atoms with van der Waals surface area (Å²) in [5.74, 6) is 1.82. The number of imidazole rings is 1. The molecule has 2 atom stereocenters. The molecule has 3 aromatic heterocycles. The van der Waals surface area contributed by atoms with E-state index in [9.17, 15) is 20.0 Å². The number of hydrogen-bond donors (Lipinski definition) is 4. The van der Waals surface area contributed by atoms with Crippen LogP contribution in [0, 0.1) is 23.2 Å². The first-order chi connectivity index (χ1) is 19.0. The monoisotopic (exact) mass is 543 g/mol. The second-order valence-corrected chi connectivity index (χ2v) is 12.5. The van der Waals surface area contributed by atoms with Crippen LogP contribution in [0.4, 0.5) is 23.1 Å². The van der Waals surface area contributed by atoms with Crippen LogP contribution in [0.3, 0.4) is 0 Å². The van der Waals surface area contributed by atoms with E-state index in [0.29, 0.717) is 53.5 Å². The Morgan fingerprint density at radius 3 is 2.70 bits per heavy atom. The number of primary amides is 1. The zero-order valence-electron chi connectivity index (χ0n) is 22.6. The highest BCUT2D eigenvalue weighted by molar-refractivity contribution is 5.82. The Morgan fingerprint density at radius 2 is 2.05 bits per heavy atom. The highest BCUT2D eigenvalue weighted by atomic mass is 16.3. The van der Waals surface area contributed by atoms with E-state index in [1.165, 1.54) is 22.0 Å². The first kappa shape index (κ1) is 26.0. The summed E-state index contributed by atoms with van der Waals surface area (Å²) in [6.07, 6.45) is 7.60. The van der Waals surface area contributed by atoms with Gasteiger partial charge >= 0.3 is 0 Å². The fourth-order valence-electron chi connectivity index (χ4n) is 7.61. The number of carbonyl (C=O) groups is 2. The third-order valence-electron chi connectivity index (χ3n) is 8.61. The lowest BCUT2D eigenvalue weighted by Crippen LogP contribution is -2.62. The topological polar surface area (TPSA) is 175 Å². The van der Waals surface area contributed by atoms with E-state index >= 15 is 0 Å². The summed E-state index contributed by atoms with van der Waals surface area (Å²) in [5.41, 5.74) is 4.94. The molecule has 5 N–H and O–H groups in total. The lowest BCUT2D eigenvalue weighted by Gasteiger charge is -2.60. The Labute approximate surface area is 231 Å². The van der Waals surface area contributed by atoms with Crippen LogP contribution >= 0.6 is 0 Å². The number of aromatic nitrogens is 4. The zero-order valence-corrected chi connectivity index (χ0v) is 22.6. The van der Waals surface area contributed by atoms with Crippen LogP contribution in [0.2, 0.25) is 0 Å². The molecule has 12 nitrogen and oxygen atoms in total. The van der Waals surface area contributed by atoms with E-state index in [4.69, 9.17) is 10.8 Å². The summed E-state index contributed by atoms with van der Waals surface area (Å²) in [6.45, 7) is 3.49. The van der Waals surface area contributed by atoms with Crippen LogP contribution in [0.15, 0.2) is 30.5 Å². The van der Waals surface area contributed by atoms with Crippen molar-refractivity contribution in [1.29, 1.82) is 5.26 Å². The predicted octanol–water partition coefficient (Wildman–Crippen LogP) is 2.85. The van der Waals surface area contributed by atoms with Gasteiger partial charge in [0.1, 0.15) is 23.5 Å². The fourth-order valence-corrected chi connectivity index (χ4v) is 7.61. The van der Waals surface area contributed by atoms with Gasteiger partial charge in [0, 0.05) is 18.0 Å². The molecule has 7 rings (SSSR count). The molecule has 12 heteroatoms. The van der Waals surface area contributed by atoms with Gasteiger partial charge in [-0.3, -0.25) is 14.5 Å². The highest BCUT2D eigenvalue weighted by Gasteiger charge is 2.57. The summed E-state index contributed by atoms with van der Waals surface area (Å²) < 4.78 is 1.50. The molecule has 2 amide bonds. The molecule has 0 aromatic carbocycles. The molecule has 2 unspecified atom stereocenters. The third-order valence-corrected chi connectivity index (χ3v) is 8.61. The first-order valence-electron chi connectivity index (χ1n) is 13.6. The number of nitrogens with one attached hydrogen (secondary N) is 2. The number of pyridine rings is 1. The van der Waals surface area contributed by atoms with Crippen molar-refractivity contribution < 1.29 is 14.7 Å². The molecule has 3 heterocycles. The van der Waals surface area contributed by atoms with Gasteiger partial charge in [0.25, 0.3) is 0 Å². The van der Waals surface area contributed by atoms with Crippen molar-refractivity contribution in [3.63, 3.8) is 0 Å². The second-order valence-electron chi connectivity index (χ2n) is 12.5. The molecular formula is C28H33N9O3. The van der Waals surface area contributed by atoms with Gasteiger partial charge in [-0.05, 0) is 76.3 Å².